The van der Waals surface area contributed by atoms with E-state index in [0.717, 1.165) is 31.1 Å². The molecule has 1 aliphatic heterocycles. The number of halogens is 1. The Hall–Kier alpha value is -2.13. The Bertz CT molecular complexity index is 1070. The maximum absolute atomic E-state index is 12.7. The molecule has 1 fully saturated rings. The molecule has 1 atom stereocenters. The molecule has 2 heterocycles. The zero-order chi connectivity index (χ0) is 21.0. The molecule has 1 aliphatic rings. The highest BCUT2D eigenvalue weighted by Gasteiger charge is 2.23. The van der Waals surface area contributed by atoms with E-state index >= 15 is 0 Å². The Balaban J connectivity index is 1.36. The van der Waals surface area contributed by atoms with E-state index in [4.69, 9.17) is 16.3 Å². The normalized spacial score (nSPS) is 17.1. The lowest BCUT2D eigenvalue weighted by atomic mass is 9.99. The Morgan fingerprint density at radius 3 is 2.73 bits per heavy atom. The summed E-state index contributed by atoms with van der Waals surface area (Å²) in [5, 5.41) is 3.45. The van der Waals surface area contributed by atoms with Gasteiger partial charge in [-0.2, -0.15) is 0 Å². The first-order valence-corrected chi connectivity index (χ1v) is 12.4. The highest BCUT2D eigenvalue weighted by Crippen LogP contribution is 2.29. The third-order valence-corrected chi connectivity index (χ3v) is 7.55. The Labute approximate surface area is 185 Å². The van der Waals surface area contributed by atoms with Gasteiger partial charge in [0.1, 0.15) is 11.5 Å². The van der Waals surface area contributed by atoms with Gasteiger partial charge in [0.15, 0.2) is 5.13 Å². The van der Waals surface area contributed by atoms with Crippen LogP contribution in [0.25, 0.3) is 0 Å². The molecule has 1 saturated heterocycles. The van der Waals surface area contributed by atoms with Crippen LogP contribution in [0.15, 0.2) is 65.0 Å². The lowest BCUT2D eigenvalue weighted by molar-refractivity contribution is 0.410. The summed E-state index contributed by atoms with van der Waals surface area (Å²) in [5.74, 6) is 1.30. The second-order valence-corrected chi connectivity index (χ2v) is 10.2. The number of nitrogens with zero attached hydrogens (tertiary/aromatic N) is 2. The van der Waals surface area contributed by atoms with Crippen LogP contribution in [-0.4, -0.2) is 33.0 Å². The van der Waals surface area contributed by atoms with Crippen LogP contribution in [0.1, 0.15) is 12.8 Å². The second kappa shape index (κ2) is 9.34. The van der Waals surface area contributed by atoms with Gasteiger partial charge in [-0.05, 0) is 55.2 Å². The summed E-state index contributed by atoms with van der Waals surface area (Å²) in [4.78, 5) is 6.80. The van der Waals surface area contributed by atoms with Crippen molar-refractivity contribution < 1.29 is 13.2 Å². The zero-order valence-electron chi connectivity index (χ0n) is 16.2. The quantitative estimate of drug-likeness (QED) is 0.545. The summed E-state index contributed by atoms with van der Waals surface area (Å²) in [5.41, 5.74) is 0. The maximum atomic E-state index is 12.7. The number of aromatic nitrogens is 1. The number of piperidine rings is 1. The fourth-order valence-electron chi connectivity index (χ4n) is 3.43. The largest absolute Gasteiger partial charge is 0.456 e. The van der Waals surface area contributed by atoms with E-state index in [9.17, 15) is 8.42 Å². The van der Waals surface area contributed by atoms with Gasteiger partial charge in [-0.3, -0.25) is 0 Å². The number of thiazole rings is 1. The first-order valence-electron chi connectivity index (χ1n) is 9.68. The lowest BCUT2D eigenvalue weighted by Crippen LogP contribution is -2.40. The summed E-state index contributed by atoms with van der Waals surface area (Å²) in [6.45, 7) is 2.17. The number of para-hydroxylation sites is 1. The predicted octanol–water partition coefficient (Wildman–Crippen LogP) is 4.78. The van der Waals surface area contributed by atoms with E-state index in [0.29, 0.717) is 23.1 Å². The molecule has 3 aromatic rings. The van der Waals surface area contributed by atoms with Crippen LogP contribution in [0, 0.1) is 5.92 Å². The maximum Gasteiger partial charge on any atom is 0.240 e. The Kier molecular flexibility index (Phi) is 6.58. The summed E-state index contributed by atoms with van der Waals surface area (Å²) in [7, 11) is -3.59. The van der Waals surface area contributed by atoms with E-state index in [2.05, 4.69) is 14.6 Å². The van der Waals surface area contributed by atoms with Gasteiger partial charge in [-0.15, -0.1) is 11.3 Å². The fraction of sp³-hybridized carbons (Fsp3) is 0.286. The minimum atomic E-state index is -3.59. The molecule has 6 nitrogen and oxygen atoms in total. The van der Waals surface area contributed by atoms with Crippen molar-refractivity contribution in [2.24, 2.45) is 5.92 Å². The van der Waals surface area contributed by atoms with Crippen LogP contribution in [-0.2, 0) is 10.0 Å². The number of ether oxygens (including phenoxy) is 1. The highest BCUT2D eigenvalue weighted by molar-refractivity contribution is 7.89. The molecule has 0 amide bonds. The zero-order valence-corrected chi connectivity index (χ0v) is 18.6. The molecule has 0 aliphatic carbocycles. The topological polar surface area (TPSA) is 71.5 Å². The molecule has 1 unspecified atom stereocenters. The van der Waals surface area contributed by atoms with Crippen molar-refractivity contribution in [3.05, 3.63) is 65.1 Å². The average Bonchev–Trinajstić information content (AvgIpc) is 3.30. The van der Waals surface area contributed by atoms with Crippen molar-refractivity contribution in [1.82, 2.24) is 9.71 Å². The van der Waals surface area contributed by atoms with Crippen LogP contribution >= 0.6 is 22.9 Å². The molecule has 0 saturated carbocycles. The molecular weight excluding hydrogens is 442 g/mol. The monoisotopic (exact) mass is 463 g/mol. The van der Waals surface area contributed by atoms with E-state index in [1.165, 1.54) is 12.1 Å². The van der Waals surface area contributed by atoms with Gasteiger partial charge in [0.05, 0.1) is 9.92 Å². The summed E-state index contributed by atoms with van der Waals surface area (Å²) >= 11 is 7.71. The van der Waals surface area contributed by atoms with Gasteiger partial charge >= 0.3 is 0 Å². The van der Waals surface area contributed by atoms with Gasteiger partial charge in [-0.25, -0.2) is 18.1 Å². The molecule has 0 spiro atoms. The molecule has 30 heavy (non-hydrogen) atoms. The number of sulfonamides is 1. The Morgan fingerprint density at radius 2 is 2.00 bits per heavy atom. The first kappa shape index (κ1) is 21.1. The molecule has 1 N–H and O–H groups in total. The standard InChI is InChI=1S/C21H22ClN3O3S2/c22-19-5-1-2-6-20(19)28-17-7-9-18(10-8-17)30(26,27)24-14-16-4-3-12-25(15-16)21-23-11-13-29-21/h1-2,5-11,13,16,24H,3-4,12,14-15H2. The summed E-state index contributed by atoms with van der Waals surface area (Å²) < 4.78 is 33.9. The minimum Gasteiger partial charge on any atom is -0.456 e. The van der Waals surface area contributed by atoms with Crippen LogP contribution in [0.4, 0.5) is 5.13 Å². The van der Waals surface area contributed by atoms with Crippen LogP contribution in [0.3, 0.4) is 0 Å². The van der Waals surface area contributed by atoms with Crippen molar-refractivity contribution in [3.63, 3.8) is 0 Å². The van der Waals surface area contributed by atoms with E-state index in [1.54, 1.807) is 41.8 Å². The minimum absolute atomic E-state index is 0.210. The molecule has 1 aromatic heterocycles. The number of hydrogen-bond donors (Lipinski definition) is 1. The highest BCUT2D eigenvalue weighted by atomic mass is 35.5. The van der Waals surface area contributed by atoms with Gasteiger partial charge in [-0.1, -0.05) is 23.7 Å². The van der Waals surface area contributed by atoms with Crippen molar-refractivity contribution in [2.75, 3.05) is 24.5 Å². The van der Waals surface area contributed by atoms with Crippen LogP contribution in [0.5, 0.6) is 11.5 Å². The number of anilines is 1. The molecule has 2 aromatic carbocycles. The molecule has 158 valence electrons. The van der Waals surface area contributed by atoms with Crippen LogP contribution in [0.2, 0.25) is 5.02 Å². The van der Waals surface area contributed by atoms with Gasteiger partial charge < -0.3 is 9.64 Å². The van der Waals surface area contributed by atoms with Gasteiger partial charge in [0, 0.05) is 31.2 Å². The van der Waals surface area contributed by atoms with Crippen molar-refractivity contribution in [3.8, 4) is 11.5 Å². The second-order valence-electron chi connectivity index (χ2n) is 7.12. The number of benzene rings is 2. The third kappa shape index (κ3) is 5.13. The summed E-state index contributed by atoms with van der Waals surface area (Å²) in [6, 6.07) is 13.5. The number of hydrogen-bond acceptors (Lipinski definition) is 6. The lowest BCUT2D eigenvalue weighted by Gasteiger charge is -2.32. The number of rotatable bonds is 7. The molecule has 4 rings (SSSR count). The fourth-order valence-corrected chi connectivity index (χ4v) is 5.40. The van der Waals surface area contributed by atoms with Crippen molar-refractivity contribution in [2.45, 2.75) is 17.7 Å². The Morgan fingerprint density at radius 1 is 1.20 bits per heavy atom. The van der Waals surface area contributed by atoms with Crippen molar-refractivity contribution >= 4 is 38.1 Å². The van der Waals surface area contributed by atoms with E-state index < -0.39 is 10.0 Å². The molecular formula is C21H22ClN3O3S2. The van der Waals surface area contributed by atoms with E-state index in [-0.39, 0.29) is 10.8 Å². The van der Waals surface area contributed by atoms with Gasteiger partial charge in [0.2, 0.25) is 10.0 Å². The number of nitrogens with one attached hydrogen (secondary N) is 1. The van der Waals surface area contributed by atoms with E-state index in [1.807, 2.05) is 17.5 Å². The summed E-state index contributed by atoms with van der Waals surface area (Å²) in [6.07, 6.45) is 3.82. The average molecular weight is 464 g/mol. The third-order valence-electron chi connectivity index (χ3n) is 4.97. The molecule has 0 radical (unpaired) electrons. The molecule has 9 heteroatoms. The smallest absolute Gasteiger partial charge is 0.240 e. The van der Waals surface area contributed by atoms with Crippen molar-refractivity contribution in [1.29, 1.82) is 0 Å². The van der Waals surface area contributed by atoms with Gasteiger partial charge in [0.25, 0.3) is 0 Å². The van der Waals surface area contributed by atoms with Crippen LogP contribution < -0.4 is 14.4 Å². The SMILES string of the molecule is O=S(=O)(NCC1CCCN(c2nccs2)C1)c1ccc(Oc2ccccc2Cl)cc1. The molecule has 0 bridgehead atoms. The predicted molar refractivity (Wildman–Crippen MR) is 120 cm³/mol. The first-order chi connectivity index (χ1) is 14.5.